The number of nitro groups is 1. The van der Waals surface area contributed by atoms with Crippen molar-refractivity contribution in [3.63, 3.8) is 0 Å². The zero-order valence-corrected chi connectivity index (χ0v) is 19.4. The fourth-order valence-corrected chi connectivity index (χ4v) is 4.66. The van der Waals surface area contributed by atoms with Crippen LogP contribution in [0.1, 0.15) is 56.2 Å². The Hall–Kier alpha value is -3.00. The predicted octanol–water partition coefficient (Wildman–Crippen LogP) is 5.22. The predicted molar refractivity (Wildman–Crippen MR) is 123 cm³/mol. The average molecular weight is 459 g/mol. The van der Waals surface area contributed by atoms with Crippen molar-refractivity contribution >= 4 is 11.6 Å². The van der Waals surface area contributed by atoms with Crippen LogP contribution in [0, 0.1) is 15.9 Å². The molecule has 2 aromatic rings. The number of carbonyl (C=O) groups excluding carboxylic acids is 1. The number of hydrogen-bond acceptors (Lipinski definition) is 5. The van der Waals surface area contributed by atoms with Crippen LogP contribution in [0.25, 0.3) is 0 Å². The van der Waals surface area contributed by atoms with E-state index >= 15 is 0 Å². The van der Waals surface area contributed by atoms with Gasteiger partial charge >= 0.3 is 5.69 Å². The Labute approximate surface area is 193 Å². The molecule has 1 aliphatic rings. The minimum atomic E-state index is -0.973. The number of nitro benzene ring substituents is 1. The summed E-state index contributed by atoms with van der Waals surface area (Å²) in [5.74, 6) is -0.170. The van der Waals surface area contributed by atoms with Gasteiger partial charge in [0.2, 0.25) is 0 Å². The molecule has 0 aliphatic carbocycles. The Morgan fingerprint density at radius 2 is 1.94 bits per heavy atom. The molecule has 8 heteroatoms. The summed E-state index contributed by atoms with van der Waals surface area (Å²) >= 11 is 0. The molecule has 1 heterocycles. The second-order valence-electron chi connectivity index (χ2n) is 8.42. The molecular weight excluding hydrogens is 427 g/mol. The van der Waals surface area contributed by atoms with Crippen molar-refractivity contribution in [2.45, 2.75) is 57.1 Å². The van der Waals surface area contributed by atoms with Gasteiger partial charge in [-0.1, -0.05) is 31.5 Å². The second kappa shape index (κ2) is 10.7. The van der Waals surface area contributed by atoms with Gasteiger partial charge in [-0.25, -0.2) is 4.39 Å². The normalized spacial score (nSPS) is 19.4. The molecule has 0 radical (unpaired) electrons. The van der Waals surface area contributed by atoms with Gasteiger partial charge in [0.25, 0.3) is 5.91 Å². The number of methoxy groups -OCH3 is 2. The number of likely N-dealkylation sites (tertiary alicyclic amines) is 1. The standard InChI is InChI=1S/C25H31FN2O5/c1-4-6-21(19-8-10-20(26)11-9-19)27-16-5-14-25(33-3,24(27)29)15-13-18-7-12-22(28(30)31)23(17-18)32-2/h7-12,17,21H,4-6,13-16H2,1-3H3. The molecule has 0 N–H and O–H groups in total. The first-order valence-electron chi connectivity index (χ1n) is 11.3. The molecular formula is C25H31FN2O5. The van der Waals surface area contributed by atoms with Gasteiger partial charge in [-0.15, -0.1) is 0 Å². The van der Waals surface area contributed by atoms with Crippen LogP contribution in [-0.4, -0.2) is 42.1 Å². The molecule has 1 aliphatic heterocycles. The number of aryl methyl sites for hydroxylation is 1. The SMILES string of the molecule is CCCC(c1ccc(F)cc1)N1CCCC(CCc2ccc([N+](=O)[O-])c(OC)c2)(OC)C1=O. The number of amides is 1. The lowest BCUT2D eigenvalue weighted by Gasteiger charge is -2.44. The zero-order valence-electron chi connectivity index (χ0n) is 19.4. The van der Waals surface area contributed by atoms with Crippen molar-refractivity contribution < 1.29 is 23.6 Å². The molecule has 2 unspecified atom stereocenters. The molecule has 1 amide bonds. The third-order valence-electron chi connectivity index (χ3n) is 6.47. The van der Waals surface area contributed by atoms with E-state index in [1.807, 2.05) is 4.90 Å². The van der Waals surface area contributed by atoms with Crippen molar-refractivity contribution in [3.8, 4) is 5.75 Å². The summed E-state index contributed by atoms with van der Waals surface area (Å²) in [7, 11) is 2.96. The van der Waals surface area contributed by atoms with Crippen molar-refractivity contribution in [3.05, 3.63) is 69.5 Å². The fraction of sp³-hybridized carbons (Fsp3) is 0.480. The van der Waals surface area contributed by atoms with Gasteiger partial charge in [-0.05, 0) is 61.4 Å². The summed E-state index contributed by atoms with van der Waals surface area (Å²) in [5, 5.41) is 11.2. The fourth-order valence-electron chi connectivity index (χ4n) is 4.66. The van der Waals surface area contributed by atoms with Crippen LogP contribution in [-0.2, 0) is 16.0 Å². The maximum Gasteiger partial charge on any atom is 0.310 e. The first-order chi connectivity index (χ1) is 15.8. The molecule has 33 heavy (non-hydrogen) atoms. The quantitative estimate of drug-likeness (QED) is 0.360. The number of halogens is 1. The Balaban J connectivity index is 1.82. The van der Waals surface area contributed by atoms with Crippen LogP contribution in [0.5, 0.6) is 5.75 Å². The van der Waals surface area contributed by atoms with Crippen LogP contribution < -0.4 is 4.74 Å². The second-order valence-corrected chi connectivity index (χ2v) is 8.42. The monoisotopic (exact) mass is 458 g/mol. The molecule has 2 atom stereocenters. The molecule has 178 valence electrons. The third-order valence-corrected chi connectivity index (χ3v) is 6.47. The molecule has 0 aromatic heterocycles. The highest BCUT2D eigenvalue weighted by Gasteiger charge is 2.45. The molecule has 2 aromatic carbocycles. The van der Waals surface area contributed by atoms with Gasteiger partial charge in [0.05, 0.1) is 18.1 Å². The van der Waals surface area contributed by atoms with E-state index in [1.165, 1.54) is 25.3 Å². The number of hydrogen-bond donors (Lipinski definition) is 0. The number of benzene rings is 2. The summed E-state index contributed by atoms with van der Waals surface area (Å²) in [4.78, 5) is 26.3. The largest absolute Gasteiger partial charge is 0.490 e. The van der Waals surface area contributed by atoms with Gasteiger partial charge < -0.3 is 14.4 Å². The van der Waals surface area contributed by atoms with Crippen LogP contribution in [0.3, 0.4) is 0 Å². The average Bonchev–Trinajstić information content (AvgIpc) is 2.82. The van der Waals surface area contributed by atoms with E-state index in [2.05, 4.69) is 6.92 Å². The Kier molecular flexibility index (Phi) is 8.02. The topological polar surface area (TPSA) is 81.9 Å². The van der Waals surface area contributed by atoms with Crippen molar-refractivity contribution in [1.82, 2.24) is 4.90 Å². The highest BCUT2D eigenvalue weighted by atomic mass is 19.1. The van der Waals surface area contributed by atoms with Gasteiger partial charge in [-0.2, -0.15) is 0 Å². The first-order valence-corrected chi connectivity index (χ1v) is 11.3. The van der Waals surface area contributed by atoms with E-state index in [1.54, 1.807) is 31.4 Å². The third kappa shape index (κ3) is 5.33. The Morgan fingerprint density at radius 3 is 2.55 bits per heavy atom. The lowest BCUT2D eigenvalue weighted by molar-refractivity contribution is -0.385. The summed E-state index contributed by atoms with van der Waals surface area (Å²) in [5.41, 5.74) is 0.685. The van der Waals surface area contributed by atoms with E-state index in [4.69, 9.17) is 9.47 Å². The summed E-state index contributed by atoms with van der Waals surface area (Å²) in [6.07, 6.45) is 4.01. The van der Waals surface area contributed by atoms with E-state index in [9.17, 15) is 19.3 Å². The molecule has 0 spiro atoms. The summed E-state index contributed by atoms with van der Waals surface area (Å²) in [6, 6.07) is 11.0. The van der Waals surface area contributed by atoms with E-state index in [0.717, 1.165) is 30.4 Å². The maximum atomic E-state index is 13.7. The Morgan fingerprint density at radius 1 is 1.21 bits per heavy atom. The number of piperidine rings is 1. The molecule has 1 saturated heterocycles. The summed E-state index contributed by atoms with van der Waals surface area (Å²) in [6.45, 7) is 2.69. The van der Waals surface area contributed by atoms with Crippen LogP contribution >= 0.6 is 0 Å². The highest BCUT2D eigenvalue weighted by Crippen LogP contribution is 2.37. The lowest BCUT2D eigenvalue weighted by Crippen LogP contribution is -2.55. The van der Waals surface area contributed by atoms with Crippen LogP contribution in [0.2, 0.25) is 0 Å². The summed E-state index contributed by atoms with van der Waals surface area (Å²) < 4.78 is 24.5. The van der Waals surface area contributed by atoms with Gasteiger partial charge in [0, 0.05) is 19.7 Å². The molecule has 3 rings (SSSR count). The molecule has 0 bridgehead atoms. The van der Waals surface area contributed by atoms with Gasteiger partial charge in [-0.3, -0.25) is 14.9 Å². The smallest absolute Gasteiger partial charge is 0.310 e. The number of nitrogens with zero attached hydrogens (tertiary/aromatic N) is 2. The number of ether oxygens (including phenoxy) is 2. The first kappa shape index (κ1) is 24.6. The zero-order chi connectivity index (χ0) is 24.0. The minimum Gasteiger partial charge on any atom is -0.490 e. The van der Waals surface area contributed by atoms with Crippen molar-refractivity contribution in [2.75, 3.05) is 20.8 Å². The van der Waals surface area contributed by atoms with E-state index < -0.39 is 10.5 Å². The van der Waals surface area contributed by atoms with Gasteiger partial charge in [0.1, 0.15) is 11.4 Å². The van der Waals surface area contributed by atoms with E-state index in [0.29, 0.717) is 25.8 Å². The van der Waals surface area contributed by atoms with Crippen molar-refractivity contribution in [2.24, 2.45) is 0 Å². The van der Waals surface area contributed by atoms with Crippen LogP contribution in [0.15, 0.2) is 42.5 Å². The Bertz CT molecular complexity index is 981. The minimum absolute atomic E-state index is 0.0621. The molecule has 7 nitrogen and oxygen atoms in total. The van der Waals surface area contributed by atoms with Crippen LogP contribution in [0.4, 0.5) is 10.1 Å². The van der Waals surface area contributed by atoms with Gasteiger partial charge in [0.15, 0.2) is 5.75 Å². The number of rotatable bonds is 10. The molecule has 0 saturated carbocycles. The maximum absolute atomic E-state index is 13.7. The lowest BCUT2D eigenvalue weighted by atomic mass is 9.84. The van der Waals surface area contributed by atoms with Crippen molar-refractivity contribution in [1.29, 1.82) is 0 Å². The number of carbonyl (C=O) groups is 1. The molecule has 1 fully saturated rings. The highest BCUT2D eigenvalue weighted by molar-refractivity contribution is 5.86. The van der Waals surface area contributed by atoms with E-state index in [-0.39, 0.29) is 29.2 Å².